The molecule has 3 N–H and O–H groups in total. The van der Waals surface area contributed by atoms with E-state index in [4.69, 9.17) is 9.90 Å². The molecule has 0 radical (unpaired) electrons. The molecule has 1 spiro atoms. The summed E-state index contributed by atoms with van der Waals surface area (Å²) in [4.78, 5) is 39.0. The van der Waals surface area contributed by atoms with Gasteiger partial charge in [-0.15, -0.1) is 0 Å². The molecule has 0 aliphatic carbocycles. The van der Waals surface area contributed by atoms with Gasteiger partial charge in [0.05, 0.1) is 5.54 Å². The van der Waals surface area contributed by atoms with Gasteiger partial charge in [0.25, 0.3) is 0 Å². The summed E-state index contributed by atoms with van der Waals surface area (Å²) < 4.78 is 31.7. The van der Waals surface area contributed by atoms with Crippen LogP contribution in [0.2, 0.25) is 0 Å². The fourth-order valence-electron chi connectivity index (χ4n) is 3.75. The van der Waals surface area contributed by atoms with Crippen molar-refractivity contribution in [1.29, 1.82) is 0 Å². The summed E-state index contributed by atoms with van der Waals surface area (Å²) in [5, 5.41) is 13.3. The van der Waals surface area contributed by atoms with Gasteiger partial charge in [0.15, 0.2) is 0 Å². The first-order chi connectivity index (χ1) is 13.9. The van der Waals surface area contributed by atoms with Crippen molar-refractivity contribution >= 4 is 17.9 Å². The molecule has 3 amide bonds. The van der Waals surface area contributed by atoms with Crippen molar-refractivity contribution in [2.75, 3.05) is 13.1 Å². The van der Waals surface area contributed by atoms with Gasteiger partial charge in [-0.05, 0) is 44.4 Å². The highest BCUT2D eigenvalue weighted by molar-refractivity contribution is 5.81. The number of carbonyl (C=O) groups excluding carboxylic acids is 2. The fraction of sp³-hybridized carbons (Fsp3) is 0.579. The first-order valence-electron chi connectivity index (χ1n) is 9.51. The topological polar surface area (TPSA) is 112 Å². The molecule has 1 aromatic rings. The standard InChI is InChI=1S/C17H24N4O2.C2HF3O2/c1-12(2)19-16(23)21-9-5-17(6-10-21)14(11-15(22)20-17)13-3-7-18-8-4-13;3-2(4,5)1(6)7/h3-4,7-8,12,14H,5-6,9-11H2,1-2H3,(H,19,23)(H,20,22);(H,6,7). The Labute approximate surface area is 171 Å². The molecule has 0 saturated carbocycles. The van der Waals surface area contributed by atoms with Crippen molar-refractivity contribution in [3.05, 3.63) is 30.1 Å². The molecular weight excluding hydrogens is 405 g/mol. The van der Waals surface area contributed by atoms with Crippen LogP contribution in [0.3, 0.4) is 0 Å². The molecule has 2 aliphatic rings. The van der Waals surface area contributed by atoms with Crippen LogP contribution in [-0.2, 0) is 9.59 Å². The summed E-state index contributed by atoms with van der Waals surface area (Å²) >= 11 is 0. The average molecular weight is 430 g/mol. The molecular formula is C19H25F3N4O4. The van der Waals surface area contributed by atoms with Crippen molar-refractivity contribution in [2.24, 2.45) is 0 Å². The first kappa shape index (κ1) is 23.4. The van der Waals surface area contributed by atoms with Crippen molar-refractivity contribution in [2.45, 2.75) is 56.8 Å². The van der Waals surface area contributed by atoms with Gasteiger partial charge in [-0.25, -0.2) is 9.59 Å². The largest absolute Gasteiger partial charge is 0.490 e. The maximum atomic E-state index is 12.1. The van der Waals surface area contributed by atoms with Crippen molar-refractivity contribution in [3.8, 4) is 0 Å². The van der Waals surface area contributed by atoms with Gasteiger partial charge in [0.2, 0.25) is 5.91 Å². The van der Waals surface area contributed by atoms with Crippen LogP contribution in [-0.4, -0.2) is 63.7 Å². The smallest absolute Gasteiger partial charge is 0.475 e. The molecule has 2 aliphatic heterocycles. The second-order valence-corrected chi connectivity index (χ2v) is 7.64. The Bertz CT molecular complexity index is 763. The van der Waals surface area contributed by atoms with E-state index >= 15 is 0 Å². The molecule has 3 heterocycles. The van der Waals surface area contributed by atoms with Crippen LogP contribution in [0.1, 0.15) is 44.6 Å². The molecule has 0 bridgehead atoms. The Morgan fingerprint density at radius 2 is 1.80 bits per heavy atom. The minimum absolute atomic E-state index is 0.0142. The van der Waals surface area contributed by atoms with E-state index in [1.165, 1.54) is 0 Å². The van der Waals surface area contributed by atoms with E-state index < -0.39 is 12.1 Å². The maximum absolute atomic E-state index is 12.1. The number of urea groups is 1. The number of carboxylic acid groups (broad SMARTS) is 1. The predicted octanol–water partition coefficient (Wildman–Crippen LogP) is 2.27. The van der Waals surface area contributed by atoms with Gasteiger partial charge < -0.3 is 20.6 Å². The Kier molecular flexibility index (Phi) is 7.27. The highest BCUT2D eigenvalue weighted by Crippen LogP contribution is 2.42. The molecule has 1 aromatic heterocycles. The normalized spacial score (nSPS) is 20.4. The third-order valence-electron chi connectivity index (χ3n) is 5.15. The number of carboxylic acids is 1. The van der Waals surface area contributed by atoms with Gasteiger partial charge in [-0.3, -0.25) is 9.78 Å². The number of likely N-dealkylation sites (tertiary alicyclic amines) is 1. The predicted molar refractivity (Wildman–Crippen MR) is 101 cm³/mol. The molecule has 1 atom stereocenters. The third kappa shape index (κ3) is 5.83. The van der Waals surface area contributed by atoms with Gasteiger partial charge in [-0.2, -0.15) is 13.2 Å². The summed E-state index contributed by atoms with van der Waals surface area (Å²) in [5.41, 5.74) is 0.922. The number of alkyl halides is 3. The van der Waals surface area contributed by atoms with Gasteiger partial charge in [0.1, 0.15) is 0 Å². The lowest BCUT2D eigenvalue weighted by molar-refractivity contribution is -0.192. The zero-order chi connectivity index (χ0) is 22.5. The zero-order valence-electron chi connectivity index (χ0n) is 16.7. The SMILES string of the molecule is CC(C)NC(=O)N1CCC2(CC1)NC(=O)CC2c1ccncc1.O=C(O)C(F)(F)F. The summed E-state index contributed by atoms with van der Waals surface area (Å²) in [6.07, 6.45) is 0.560. The second kappa shape index (κ2) is 9.31. The van der Waals surface area contributed by atoms with Crippen molar-refractivity contribution in [3.63, 3.8) is 0 Å². The highest BCUT2D eigenvalue weighted by atomic mass is 19.4. The summed E-state index contributed by atoms with van der Waals surface area (Å²) in [6, 6.07) is 4.10. The Morgan fingerprint density at radius 3 is 2.27 bits per heavy atom. The van der Waals surface area contributed by atoms with E-state index in [0.717, 1.165) is 18.4 Å². The van der Waals surface area contributed by atoms with Crippen LogP contribution in [0.15, 0.2) is 24.5 Å². The Balaban J connectivity index is 0.000000396. The zero-order valence-corrected chi connectivity index (χ0v) is 16.7. The van der Waals surface area contributed by atoms with Gasteiger partial charge in [0, 0.05) is 43.9 Å². The highest BCUT2D eigenvalue weighted by Gasteiger charge is 2.49. The first-order valence-corrected chi connectivity index (χ1v) is 9.51. The number of amides is 3. The molecule has 8 nitrogen and oxygen atoms in total. The van der Waals surface area contributed by atoms with Crippen LogP contribution in [0.4, 0.5) is 18.0 Å². The number of rotatable bonds is 2. The fourth-order valence-corrected chi connectivity index (χ4v) is 3.75. The molecule has 11 heteroatoms. The van der Waals surface area contributed by atoms with Crippen LogP contribution in [0.5, 0.6) is 0 Å². The third-order valence-corrected chi connectivity index (χ3v) is 5.15. The number of nitrogens with one attached hydrogen (secondary N) is 2. The lowest BCUT2D eigenvalue weighted by Gasteiger charge is -2.43. The number of hydrogen-bond acceptors (Lipinski definition) is 4. The maximum Gasteiger partial charge on any atom is 0.490 e. The molecule has 30 heavy (non-hydrogen) atoms. The molecule has 2 fully saturated rings. The minimum atomic E-state index is -5.08. The van der Waals surface area contributed by atoms with Crippen LogP contribution < -0.4 is 10.6 Å². The number of pyridine rings is 1. The van der Waals surface area contributed by atoms with Crippen LogP contribution in [0, 0.1) is 0 Å². The molecule has 0 aromatic carbocycles. The van der Waals surface area contributed by atoms with E-state index in [0.29, 0.717) is 19.5 Å². The van der Waals surface area contributed by atoms with E-state index in [1.807, 2.05) is 30.9 Å². The van der Waals surface area contributed by atoms with Crippen LogP contribution in [0.25, 0.3) is 0 Å². The Morgan fingerprint density at radius 1 is 1.27 bits per heavy atom. The van der Waals surface area contributed by atoms with Crippen LogP contribution >= 0.6 is 0 Å². The molecule has 2 saturated heterocycles. The van der Waals surface area contributed by atoms with Crippen molar-refractivity contribution in [1.82, 2.24) is 20.5 Å². The second-order valence-electron chi connectivity index (χ2n) is 7.64. The lowest BCUT2D eigenvalue weighted by Crippen LogP contribution is -2.56. The van der Waals surface area contributed by atoms with Crippen molar-refractivity contribution < 1.29 is 32.7 Å². The summed E-state index contributed by atoms with van der Waals surface area (Å²) in [7, 11) is 0. The number of nitrogens with zero attached hydrogens (tertiary/aromatic N) is 2. The quantitative estimate of drug-likeness (QED) is 0.667. The van der Waals surface area contributed by atoms with E-state index in [9.17, 15) is 22.8 Å². The van der Waals surface area contributed by atoms with Gasteiger partial charge >= 0.3 is 18.2 Å². The number of aliphatic carboxylic acids is 1. The molecule has 1 unspecified atom stereocenters. The number of carbonyl (C=O) groups is 3. The number of aromatic nitrogens is 1. The van der Waals surface area contributed by atoms with E-state index in [-0.39, 0.29) is 29.4 Å². The summed E-state index contributed by atoms with van der Waals surface area (Å²) in [5.74, 6) is -2.49. The number of hydrogen-bond donors (Lipinski definition) is 3. The summed E-state index contributed by atoms with van der Waals surface area (Å²) in [6.45, 7) is 5.25. The minimum Gasteiger partial charge on any atom is -0.475 e. The molecule has 166 valence electrons. The Hall–Kier alpha value is -2.85. The molecule has 3 rings (SSSR count). The van der Waals surface area contributed by atoms with E-state index in [1.54, 1.807) is 12.4 Å². The van der Waals surface area contributed by atoms with Gasteiger partial charge in [-0.1, -0.05) is 0 Å². The average Bonchev–Trinajstić information content (AvgIpc) is 2.98. The van der Waals surface area contributed by atoms with E-state index in [2.05, 4.69) is 15.6 Å². The number of halogens is 3. The lowest BCUT2D eigenvalue weighted by atomic mass is 9.74. The number of piperidine rings is 1. The monoisotopic (exact) mass is 430 g/mol.